The Balaban J connectivity index is 2.93. The Bertz CT molecular complexity index is 245. The third kappa shape index (κ3) is 1.25. The van der Waals surface area contributed by atoms with Crippen molar-refractivity contribution in [3.05, 3.63) is 16.4 Å². The number of Topliss-reactive ketones (excluding diaryl/α,β-unsaturated/α-hetero) is 1. The number of H-pyrrole nitrogens is 1. The second-order valence-electron chi connectivity index (χ2n) is 1.72. The van der Waals surface area contributed by atoms with E-state index in [-0.39, 0.29) is 12.3 Å². The first-order chi connectivity index (χ1) is 4.75. The highest BCUT2D eigenvalue weighted by molar-refractivity contribution is 9.10. The van der Waals surface area contributed by atoms with Gasteiger partial charge in [0.05, 0.1) is 18.3 Å². The molecule has 0 fully saturated rings. The van der Waals surface area contributed by atoms with Gasteiger partial charge < -0.3 is 5.73 Å². The molecule has 0 amide bonds. The molecule has 0 spiro atoms. The molecule has 5 heteroatoms. The van der Waals surface area contributed by atoms with Gasteiger partial charge in [-0.3, -0.25) is 9.89 Å². The number of ketones is 1. The number of aromatic amines is 1. The van der Waals surface area contributed by atoms with E-state index in [0.29, 0.717) is 10.2 Å². The number of nitrogens with two attached hydrogens (primary N) is 1. The molecule has 1 heterocycles. The Morgan fingerprint density at radius 3 is 3.00 bits per heavy atom. The molecule has 1 rings (SSSR count). The van der Waals surface area contributed by atoms with Crippen LogP contribution in [-0.2, 0) is 0 Å². The Hall–Kier alpha value is -0.680. The van der Waals surface area contributed by atoms with E-state index >= 15 is 0 Å². The van der Waals surface area contributed by atoms with Crippen molar-refractivity contribution in [1.82, 2.24) is 10.2 Å². The average molecular weight is 204 g/mol. The maximum absolute atomic E-state index is 10.9. The third-order valence-electron chi connectivity index (χ3n) is 1.08. The van der Waals surface area contributed by atoms with Crippen molar-refractivity contribution in [3.63, 3.8) is 0 Å². The monoisotopic (exact) mass is 203 g/mol. The van der Waals surface area contributed by atoms with Crippen molar-refractivity contribution in [3.8, 4) is 0 Å². The van der Waals surface area contributed by atoms with Gasteiger partial charge in [-0.25, -0.2) is 0 Å². The number of hydrogen-bond donors (Lipinski definition) is 2. The van der Waals surface area contributed by atoms with Crippen LogP contribution in [0, 0.1) is 0 Å². The second kappa shape index (κ2) is 2.94. The molecule has 0 bridgehead atoms. The molecule has 0 aromatic carbocycles. The predicted molar refractivity (Wildman–Crippen MR) is 39.7 cm³/mol. The lowest BCUT2D eigenvalue weighted by Gasteiger charge is -1.89. The molecule has 10 heavy (non-hydrogen) atoms. The molecule has 3 N–H and O–H groups in total. The summed E-state index contributed by atoms with van der Waals surface area (Å²) in [5.41, 5.74) is 5.62. The number of aromatic nitrogens is 2. The summed E-state index contributed by atoms with van der Waals surface area (Å²) in [4.78, 5) is 10.9. The van der Waals surface area contributed by atoms with Gasteiger partial charge in [0.25, 0.3) is 0 Å². The van der Waals surface area contributed by atoms with Crippen LogP contribution in [0.25, 0.3) is 0 Å². The normalized spacial score (nSPS) is 9.80. The summed E-state index contributed by atoms with van der Waals surface area (Å²) in [6.07, 6.45) is 1.44. The summed E-state index contributed by atoms with van der Waals surface area (Å²) in [7, 11) is 0. The van der Waals surface area contributed by atoms with Gasteiger partial charge >= 0.3 is 0 Å². The molecule has 0 aliphatic carbocycles. The largest absolute Gasteiger partial charge is 0.324 e. The van der Waals surface area contributed by atoms with Crippen LogP contribution in [-0.4, -0.2) is 22.5 Å². The molecular formula is C5H6BrN3O. The van der Waals surface area contributed by atoms with Gasteiger partial charge in [0.2, 0.25) is 0 Å². The van der Waals surface area contributed by atoms with Crippen LogP contribution in [0.5, 0.6) is 0 Å². The van der Waals surface area contributed by atoms with Gasteiger partial charge in [-0.05, 0) is 15.9 Å². The first-order valence-corrected chi connectivity index (χ1v) is 3.47. The van der Waals surface area contributed by atoms with Gasteiger partial charge in [-0.1, -0.05) is 0 Å². The van der Waals surface area contributed by atoms with Crippen LogP contribution in [0.3, 0.4) is 0 Å². The van der Waals surface area contributed by atoms with Gasteiger partial charge in [-0.15, -0.1) is 0 Å². The number of hydrogen-bond acceptors (Lipinski definition) is 3. The lowest BCUT2D eigenvalue weighted by molar-refractivity contribution is 0.100. The van der Waals surface area contributed by atoms with Gasteiger partial charge in [-0.2, -0.15) is 5.10 Å². The fourth-order valence-electron chi connectivity index (χ4n) is 0.575. The molecule has 1 aromatic heterocycles. The van der Waals surface area contributed by atoms with E-state index < -0.39 is 0 Å². The molecule has 0 atom stereocenters. The van der Waals surface area contributed by atoms with E-state index in [0.717, 1.165) is 0 Å². The fraction of sp³-hybridized carbons (Fsp3) is 0.200. The zero-order chi connectivity index (χ0) is 7.56. The number of halogens is 1. The highest BCUT2D eigenvalue weighted by Crippen LogP contribution is 2.11. The second-order valence-corrected chi connectivity index (χ2v) is 2.52. The molecule has 0 radical (unpaired) electrons. The van der Waals surface area contributed by atoms with Crippen LogP contribution in [0.1, 0.15) is 10.4 Å². The van der Waals surface area contributed by atoms with Crippen molar-refractivity contribution in [2.75, 3.05) is 6.54 Å². The molecule has 0 saturated heterocycles. The summed E-state index contributed by atoms with van der Waals surface area (Å²) < 4.78 is 0.586. The summed E-state index contributed by atoms with van der Waals surface area (Å²) in [5, 5.41) is 6.22. The van der Waals surface area contributed by atoms with E-state index in [1.165, 1.54) is 6.20 Å². The van der Waals surface area contributed by atoms with Crippen molar-refractivity contribution in [1.29, 1.82) is 0 Å². The highest BCUT2D eigenvalue weighted by atomic mass is 79.9. The molecule has 4 nitrogen and oxygen atoms in total. The maximum atomic E-state index is 10.9. The van der Waals surface area contributed by atoms with Gasteiger partial charge in [0.15, 0.2) is 5.78 Å². The van der Waals surface area contributed by atoms with Crippen LogP contribution in [0.2, 0.25) is 0 Å². The molecule has 1 aromatic rings. The average Bonchev–Trinajstić information content (AvgIpc) is 2.34. The van der Waals surface area contributed by atoms with E-state index in [4.69, 9.17) is 5.73 Å². The highest BCUT2D eigenvalue weighted by Gasteiger charge is 2.08. The summed E-state index contributed by atoms with van der Waals surface area (Å²) in [6, 6.07) is 0. The molecule has 0 unspecified atom stereocenters. The predicted octanol–water partition coefficient (Wildman–Crippen LogP) is 0.314. The zero-order valence-corrected chi connectivity index (χ0v) is 6.68. The standard InChI is InChI=1S/C5H6BrN3O/c6-5-3(2-8-9-5)4(10)1-7/h2H,1,7H2,(H,8,9). The number of carbonyl (C=O) groups excluding carboxylic acids is 1. The van der Waals surface area contributed by atoms with Gasteiger partial charge in [0, 0.05) is 0 Å². The van der Waals surface area contributed by atoms with Crippen molar-refractivity contribution >= 4 is 21.7 Å². The summed E-state index contributed by atoms with van der Waals surface area (Å²) in [6.45, 7) is 0.0120. The number of rotatable bonds is 2. The minimum atomic E-state index is -0.124. The lowest BCUT2D eigenvalue weighted by Crippen LogP contribution is -2.13. The van der Waals surface area contributed by atoms with Crippen molar-refractivity contribution in [2.45, 2.75) is 0 Å². The number of nitrogens with one attached hydrogen (secondary N) is 1. The Labute approximate surface area is 65.9 Å². The lowest BCUT2D eigenvalue weighted by atomic mass is 10.2. The van der Waals surface area contributed by atoms with E-state index in [9.17, 15) is 4.79 Å². The van der Waals surface area contributed by atoms with E-state index in [2.05, 4.69) is 26.1 Å². The van der Waals surface area contributed by atoms with Crippen LogP contribution < -0.4 is 5.73 Å². The van der Waals surface area contributed by atoms with Gasteiger partial charge in [0.1, 0.15) is 4.60 Å². The number of nitrogens with zero attached hydrogens (tertiary/aromatic N) is 1. The number of carbonyl (C=O) groups is 1. The van der Waals surface area contributed by atoms with E-state index in [1.807, 2.05) is 0 Å². The first kappa shape index (κ1) is 7.43. The zero-order valence-electron chi connectivity index (χ0n) is 5.10. The van der Waals surface area contributed by atoms with Crippen LogP contribution in [0.4, 0.5) is 0 Å². The SMILES string of the molecule is NCC(=O)c1cn[nH]c1Br. The molecule has 0 saturated carbocycles. The molecule has 0 aliphatic heterocycles. The molecule has 0 aliphatic rings. The smallest absolute Gasteiger partial charge is 0.180 e. The molecule has 54 valence electrons. The summed E-state index contributed by atoms with van der Waals surface area (Å²) >= 11 is 3.11. The minimum Gasteiger partial charge on any atom is -0.324 e. The Morgan fingerprint density at radius 2 is 2.60 bits per heavy atom. The maximum Gasteiger partial charge on any atom is 0.180 e. The molecular weight excluding hydrogens is 198 g/mol. The topological polar surface area (TPSA) is 71.8 Å². The summed E-state index contributed by atoms with van der Waals surface area (Å²) in [5.74, 6) is -0.124. The minimum absolute atomic E-state index is 0.0120. The fourth-order valence-corrected chi connectivity index (χ4v) is 1.00. The first-order valence-electron chi connectivity index (χ1n) is 2.68. The van der Waals surface area contributed by atoms with Crippen LogP contribution >= 0.6 is 15.9 Å². The van der Waals surface area contributed by atoms with Crippen LogP contribution in [0.15, 0.2) is 10.8 Å². The quantitative estimate of drug-likeness (QED) is 0.681. The van der Waals surface area contributed by atoms with Crippen molar-refractivity contribution < 1.29 is 4.79 Å². The van der Waals surface area contributed by atoms with E-state index in [1.54, 1.807) is 0 Å². The van der Waals surface area contributed by atoms with Crippen molar-refractivity contribution in [2.24, 2.45) is 5.73 Å². The Kier molecular flexibility index (Phi) is 2.18. The Morgan fingerprint density at radius 1 is 1.90 bits per heavy atom. The third-order valence-corrected chi connectivity index (χ3v) is 1.68.